The number of aromatic nitrogens is 1. The van der Waals surface area contributed by atoms with Crippen molar-refractivity contribution < 1.29 is 13.2 Å². The van der Waals surface area contributed by atoms with Gasteiger partial charge in [0.05, 0.1) is 5.56 Å². The topological polar surface area (TPSA) is 65.6 Å². The molecule has 70 valence electrons. The van der Waals surface area contributed by atoms with Gasteiger partial charge in [-0.3, -0.25) is 0 Å². The Hall–Kier alpha value is -1.48. The number of aromatic amines is 1. The highest BCUT2D eigenvalue weighted by molar-refractivity contribution is 5.30. The fourth-order valence-electron chi connectivity index (χ4n) is 0.832. The summed E-state index contributed by atoms with van der Waals surface area (Å²) >= 11 is 0. The fourth-order valence-corrected chi connectivity index (χ4v) is 0.832. The summed E-state index contributed by atoms with van der Waals surface area (Å²) in [5, 5.41) is 8.34. The van der Waals surface area contributed by atoms with E-state index >= 15 is 0 Å². The SMILES string of the molecule is N#Cc1c[nH]c([C@@H](N)C(F)(F)F)c1. The van der Waals surface area contributed by atoms with Crippen molar-refractivity contribution in [1.29, 1.82) is 5.26 Å². The third-order valence-corrected chi connectivity index (χ3v) is 1.52. The molecule has 0 amide bonds. The van der Waals surface area contributed by atoms with Crippen LogP contribution in [-0.2, 0) is 0 Å². The molecule has 0 saturated carbocycles. The van der Waals surface area contributed by atoms with Gasteiger partial charge in [0.25, 0.3) is 0 Å². The number of nitriles is 1. The number of halogens is 3. The van der Waals surface area contributed by atoms with Gasteiger partial charge in [0.2, 0.25) is 0 Å². The highest BCUT2D eigenvalue weighted by Crippen LogP contribution is 2.29. The van der Waals surface area contributed by atoms with Crippen molar-refractivity contribution >= 4 is 0 Å². The first-order valence-corrected chi connectivity index (χ1v) is 3.36. The zero-order valence-electron chi connectivity index (χ0n) is 6.39. The number of nitrogens with zero attached hydrogens (tertiary/aromatic N) is 1. The fraction of sp³-hybridized carbons (Fsp3) is 0.286. The average Bonchev–Trinajstić information content (AvgIpc) is 2.48. The molecule has 0 saturated heterocycles. The highest BCUT2D eigenvalue weighted by atomic mass is 19.4. The van der Waals surface area contributed by atoms with E-state index < -0.39 is 12.2 Å². The minimum atomic E-state index is -4.49. The Kier molecular flexibility index (Phi) is 2.30. The van der Waals surface area contributed by atoms with Crippen molar-refractivity contribution in [2.24, 2.45) is 5.73 Å². The number of hydrogen-bond acceptors (Lipinski definition) is 2. The first-order chi connectivity index (χ1) is 5.95. The minimum absolute atomic E-state index is 0.134. The van der Waals surface area contributed by atoms with Crippen molar-refractivity contribution in [2.45, 2.75) is 12.2 Å². The molecule has 3 N–H and O–H groups in total. The molecule has 1 aromatic heterocycles. The Labute approximate surface area is 72.0 Å². The van der Waals surface area contributed by atoms with Crippen LogP contribution >= 0.6 is 0 Å². The zero-order valence-corrected chi connectivity index (χ0v) is 6.39. The predicted molar refractivity (Wildman–Crippen MR) is 38.5 cm³/mol. The van der Waals surface area contributed by atoms with Crippen LogP contribution < -0.4 is 5.73 Å². The van der Waals surface area contributed by atoms with Crippen LogP contribution in [-0.4, -0.2) is 11.2 Å². The van der Waals surface area contributed by atoms with E-state index in [1.807, 2.05) is 0 Å². The highest BCUT2D eigenvalue weighted by Gasteiger charge is 2.38. The van der Waals surface area contributed by atoms with Gasteiger partial charge < -0.3 is 10.7 Å². The normalized spacial score (nSPS) is 13.8. The van der Waals surface area contributed by atoms with Gasteiger partial charge in [0, 0.05) is 11.9 Å². The first kappa shape index (κ1) is 9.61. The second-order valence-corrected chi connectivity index (χ2v) is 2.47. The summed E-state index contributed by atoms with van der Waals surface area (Å²) in [6, 6.07) is 0.720. The third-order valence-electron chi connectivity index (χ3n) is 1.52. The summed E-state index contributed by atoms with van der Waals surface area (Å²) in [6.07, 6.45) is -3.31. The Morgan fingerprint density at radius 2 is 2.15 bits per heavy atom. The van der Waals surface area contributed by atoms with E-state index in [0.29, 0.717) is 0 Å². The minimum Gasteiger partial charge on any atom is -0.362 e. The molecule has 1 atom stereocenters. The van der Waals surface area contributed by atoms with Gasteiger partial charge in [0.1, 0.15) is 12.1 Å². The summed E-state index contributed by atoms with van der Waals surface area (Å²) in [5.41, 5.74) is 4.80. The molecular formula is C7H6F3N3. The van der Waals surface area contributed by atoms with Crippen LogP contribution in [0.5, 0.6) is 0 Å². The van der Waals surface area contributed by atoms with Crippen LogP contribution in [0.2, 0.25) is 0 Å². The maximum atomic E-state index is 12.0. The first-order valence-electron chi connectivity index (χ1n) is 3.36. The quantitative estimate of drug-likeness (QED) is 0.702. The lowest BCUT2D eigenvalue weighted by atomic mass is 10.2. The van der Waals surface area contributed by atoms with Gasteiger partial charge in [-0.15, -0.1) is 0 Å². The van der Waals surface area contributed by atoms with Gasteiger partial charge in [-0.1, -0.05) is 0 Å². The van der Waals surface area contributed by atoms with E-state index in [9.17, 15) is 13.2 Å². The Bertz CT molecular complexity index is 333. The molecule has 0 aromatic carbocycles. The van der Waals surface area contributed by atoms with Crippen LogP contribution in [0, 0.1) is 11.3 Å². The smallest absolute Gasteiger partial charge is 0.362 e. The maximum Gasteiger partial charge on any atom is 0.409 e. The predicted octanol–water partition coefficient (Wildman–Crippen LogP) is 1.45. The molecular weight excluding hydrogens is 183 g/mol. The van der Waals surface area contributed by atoms with E-state index in [1.165, 1.54) is 6.20 Å². The lowest BCUT2D eigenvalue weighted by molar-refractivity contribution is -0.149. The molecule has 0 bridgehead atoms. The summed E-state index contributed by atoms with van der Waals surface area (Å²) in [5.74, 6) is 0. The number of rotatable bonds is 1. The largest absolute Gasteiger partial charge is 0.409 e. The van der Waals surface area contributed by atoms with E-state index in [-0.39, 0.29) is 11.3 Å². The standard InChI is InChI=1S/C7H6F3N3/c8-7(9,10)6(12)5-1-4(2-11)3-13-5/h1,3,6,13H,12H2/t6-/m1/s1. The Morgan fingerprint density at radius 1 is 1.54 bits per heavy atom. The number of hydrogen-bond donors (Lipinski definition) is 2. The molecule has 1 heterocycles. The van der Waals surface area contributed by atoms with Crippen LogP contribution in [0.4, 0.5) is 13.2 Å². The van der Waals surface area contributed by atoms with Crippen LogP contribution in [0.25, 0.3) is 0 Å². The molecule has 1 aromatic rings. The van der Waals surface area contributed by atoms with Gasteiger partial charge in [-0.25, -0.2) is 0 Å². The number of nitrogens with one attached hydrogen (secondary N) is 1. The Morgan fingerprint density at radius 3 is 2.54 bits per heavy atom. The van der Waals surface area contributed by atoms with Crippen molar-refractivity contribution in [2.75, 3.05) is 0 Å². The van der Waals surface area contributed by atoms with E-state index in [2.05, 4.69) is 4.98 Å². The number of H-pyrrole nitrogens is 1. The molecule has 0 unspecified atom stereocenters. The Balaban J connectivity index is 2.91. The van der Waals surface area contributed by atoms with Gasteiger partial charge in [-0.2, -0.15) is 18.4 Å². The number of nitrogens with two attached hydrogens (primary N) is 1. The summed E-state index contributed by atoms with van der Waals surface area (Å²) < 4.78 is 36.1. The zero-order chi connectivity index (χ0) is 10.1. The van der Waals surface area contributed by atoms with Crippen LogP contribution in [0.15, 0.2) is 12.3 Å². The average molecular weight is 189 g/mol. The molecule has 0 fully saturated rings. The lowest BCUT2D eigenvalue weighted by Crippen LogP contribution is -2.28. The lowest BCUT2D eigenvalue weighted by Gasteiger charge is -2.13. The molecule has 0 spiro atoms. The molecule has 0 radical (unpaired) electrons. The molecule has 13 heavy (non-hydrogen) atoms. The maximum absolute atomic E-state index is 12.0. The molecule has 0 aliphatic heterocycles. The van der Waals surface area contributed by atoms with E-state index in [0.717, 1.165) is 6.07 Å². The number of alkyl halides is 3. The third kappa shape index (κ3) is 2.00. The van der Waals surface area contributed by atoms with Crippen molar-refractivity contribution in [3.8, 4) is 6.07 Å². The van der Waals surface area contributed by atoms with Gasteiger partial charge in [0.15, 0.2) is 0 Å². The summed E-state index contributed by atoms with van der Waals surface area (Å²) in [6.45, 7) is 0. The summed E-state index contributed by atoms with van der Waals surface area (Å²) in [7, 11) is 0. The molecule has 1 rings (SSSR count). The summed E-state index contributed by atoms with van der Waals surface area (Å²) in [4.78, 5) is 2.30. The molecule has 3 nitrogen and oxygen atoms in total. The molecule has 0 aliphatic carbocycles. The van der Waals surface area contributed by atoms with Gasteiger partial charge in [-0.05, 0) is 6.07 Å². The second-order valence-electron chi connectivity index (χ2n) is 2.47. The van der Waals surface area contributed by atoms with Crippen LogP contribution in [0.1, 0.15) is 17.3 Å². The van der Waals surface area contributed by atoms with Crippen molar-refractivity contribution in [3.05, 3.63) is 23.5 Å². The van der Waals surface area contributed by atoms with Crippen molar-refractivity contribution in [1.82, 2.24) is 4.98 Å². The molecule has 6 heteroatoms. The van der Waals surface area contributed by atoms with Crippen LogP contribution in [0.3, 0.4) is 0 Å². The van der Waals surface area contributed by atoms with E-state index in [1.54, 1.807) is 6.07 Å². The molecule has 0 aliphatic rings. The van der Waals surface area contributed by atoms with Crippen molar-refractivity contribution in [3.63, 3.8) is 0 Å². The van der Waals surface area contributed by atoms with Gasteiger partial charge >= 0.3 is 6.18 Å². The second kappa shape index (κ2) is 3.11. The van der Waals surface area contributed by atoms with E-state index in [4.69, 9.17) is 11.0 Å². The monoisotopic (exact) mass is 189 g/mol.